The van der Waals surface area contributed by atoms with Crippen LogP contribution in [-0.4, -0.2) is 26.2 Å². The lowest BCUT2D eigenvalue weighted by atomic mass is 10.2. The van der Waals surface area contributed by atoms with Crippen molar-refractivity contribution in [2.75, 3.05) is 25.3 Å². The maximum atomic E-state index is 11.2. The average Bonchev–Trinajstić information content (AvgIpc) is 2.30. The highest BCUT2D eigenvalue weighted by Crippen LogP contribution is 2.29. The van der Waals surface area contributed by atoms with Gasteiger partial charge in [0, 0.05) is 0 Å². The number of nitrogen functional groups attached to an aromatic ring is 1. The molecule has 0 bridgehead atoms. The molecule has 5 heteroatoms. The third-order valence-corrected chi connectivity index (χ3v) is 2.21. The van der Waals surface area contributed by atoms with E-state index in [4.69, 9.17) is 10.5 Å². The number of rotatable bonds is 4. The molecule has 0 saturated heterocycles. The van der Waals surface area contributed by atoms with E-state index in [9.17, 15) is 4.79 Å². The molecule has 1 aromatic rings. The van der Waals surface area contributed by atoms with E-state index < -0.39 is 6.04 Å². The molecule has 88 valence electrons. The molecule has 0 heterocycles. The van der Waals surface area contributed by atoms with Crippen LogP contribution in [0.2, 0.25) is 0 Å². The second-order valence-electron chi connectivity index (χ2n) is 3.31. The second kappa shape index (κ2) is 5.25. The molecule has 3 N–H and O–H groups in total. The van der Waals surface area contributed by atoms with Gasteiger partial charge in [-0.05, 0) is 19.1 Å². The molecule has 0 aliphatic carbocycles. The molecular formula is C11H16N2O3. The minimum atomic E-state index is -0.459. The van der Waals surface area contributed by atoms with Crippen LogP contribution in [0, 0.1) is 0 Å². The highest BCUT2D eigenvalue weighted by Gasteiger charge is 2.14. The smallest absolute Gasteiger partial charge is 0.327 e. The number of para-hydroxylation sites is 1. The number of ether oxygens (including phenoxy) is 2. The van der Waals surface area contributed by atoms with Gasteiger partial charge >= 0.3 is 5.97 Å². The fourth-order valence-corrected chi connectivity index (χ4v) is 1.32. The van der Waals surface area contributed by atoms with Gasteiger partial charge in [0.1, 0.15) is 11.8 Å². The van der Waals surface area contributed by atoms with E-state index in [1.807, 2.05) is 0 Å². The SMILES string of the molecule is COC(=O)C(C)Nc1cccc(OC)c1N. The third kappa shape index (κ3) is 2.56. The van der Waals surface area contributed by atoms with Crippen LogP contribution in [0.25, 0.3) is 0 Å². The lowest BCUT2D eigenvalue weighted by Gasteiger charge is -2.16. The van der Waals surface area contributed by atoms with Crippen LogP contribution in [0.15, 0.2) is 18.2 Å². The molecule has 1 aromatic carbocycles. The van der Waals surface area contributed by atoms with Crippen LogP contribution in [0.3, 0.4) is 0 Å². The molecule has 1 atom stereocenters. The standard InChI is InChI=1S/C11H16N2O3/c1-7(11(14)16-3)13-8-5-4-6-9(15-2)10(8)12/h4-7,13H,12H2,1-3H3. The number of nitrogens with one attached hydrogen (secondary N) is 1. The Labute approximate surface area is 94.5 Å². The molecule has 1 unspecified atom stereocenters. The number of hydrogen-bond donors (Lipinski definition) is 2. The number of benzene rings is 1. The molecule has 0 spiro atoms. The summed E-state index contributed by atoms with van der Waals surface area (Å²) in [4.78, 5) is 11.2. The summed E-state index contributed by atoms with van der Waals surface area (Å²) in [6, 6.07) is 4.86. The number of esters is 1. The van der Waals surface area contributed by atoms with Crippen LogP contribution in [0.1, 0.15) is 6.92 Å². The van der Waals surface area contributed by atoms with E-state index in [0.717, 1.165) is 0 Å². The fourth-order valence-electron chi connectivity index (χ4n) is 1.32. The molecular weight excluding hydrogens is 208 g/mol. The van der Waals surface area contributed by atoms with E-state index in [2.05, 4.69) is 10.1 Å². The van der Waals surface area contributed by atoms with E-state index in [1.165, 1.54) is 7.11 Å². The van der Waals surface area contributed by atoms with Gasteiger partial charge in [-0.3, -0.25) is 0 Å². The summed E-state index contributed by atoms with van der Waals surface area (Å²) in [5, 5.41) is 2.96. The lowest BCUT2D eigenvalue weighted by Crippen LogP contribution is -2.27. The van der Waals surface area contributed by atoms with Crippen LogP contribution in [-0.2, 0) is 9.53 Å². The number of methoxy groups -OCH3 is 2. The molecule has 0 amide bonds. The average molecular weight is 224 g/mol. The van der Waals surface area contributed by atoms with Crippen molar-refractivity contribution in [3.05, 3.63) is 18.2 Å². The highest BCUT2D eigenvalue weighted by molar-refractivity contribution is 5.82. The molecule has 5 nitrogen and oxygen atoms in total. The molecule has 0 aliphatic heterocycles. The molecule has 1 rings (SSSR count). The number of carbonyl (C=O) groups is 1. The van der Waals surface area contributed by atoms with Gasteiger partial charge in [0.05, 0.1) is 25.6 Å². The van der Waals surface area contributed by atoms with Gasteiger partial charge in [-0.2, -0.15) is 0 Å². The molecule has 0 fully saturated rings. The molecule has 0 aromatic heterocycles. The first kappa shape index (κ1) is 12.2. The Hall–Kier alpha value is -1.91. The summed E-state index contributed by atoms with van der Waals surface area (Å²) in [6.07, 6.45) is 0. The molecule has 0 aliphatic rings. The third-order valence-electron chi connectivity index (χ3n) is 2.21. The Morgan fingerprint density at radius 3 is 2.69 bits per heavy atom. The molecule has 0 radical (unpaired) electrons. The van der Waals surface area contributed by atoms with E-state index >= 15 is 0 Å². The highest BCUT2D eigenvalue weighted by atomic mass is 16.5. The number of nitrogens with two attached hydrogens (primary N) is 1. The van der Waals surface area contributed by atoms with E-state index in [-0.39, 0.29) is 5.97 Å². The topological polar surface area (TPSA) is 73.6 Å². The van der Waals surface area contributed by atoms with Crippen LogP contribution in [0.5, 0.6) is 5.75 Å². The van der Waals surface area contributed by atoms with Crippen molar-refractivity contribution in [1.82, 2.24) is 0 Å². The van der Waals surface area contributed by atoms with Gasteiger partial charge in [-0.1, -0.05) is 6.07 Å². The van der Waals surface area contributed by atoms with Crippen molar-refractivity contribution in [3.63, 3.8) is 0 Å². The van der Waals surface area contributed by atoms with Gasteiger partial charge < -0.3 is 20.5 Å². The second-order valence-corrected chi connectivity index (χ2v) is 3.31. The largest absolute Gasteiger partial charge is 0.495 e. The van der Waals surface area contributed by atoms with Crippen molar-refractivity contribution in [3.8, 4) is 5.75 Å². The summed E-state index contributed by atoms with van der Waals surface area (Å²) in [6.45, 7) is 1.70. The maximum absolute atomic E-state index is 11.2. The first-order valence-electron chi connectivity index (χ1n) is 4.87. The maximum Gasteiger partial charge on any atom is 0.327 e. The summed E-state index contributed by atoms with van der Waals surface area (Å²) in [5.74, 6) is 0.226. The Morgan fingerprint density at radius 2 is 2.12 bits per heavy atom. The fraction of sp³-hybridized carbons (Fsp3) is 0.364. The Balaban J connectivity index is 2.85. The first-order chi connectivity index (χ1) is 7.60. The van der Waals surface area contributed by atoms with Crippen LogP contribution in [0.4, 0.5) is 11.4 Å². The Morgan fingerprint density at radius 1 is 1.44 bits per heavy atom. The predicted molar refractivity (Wildman–Crippen MR) is 62.5 cm³/mol. The zero-order valence-corrected chi connectivity index (χ0v) is 9.61. The summed E-state index contributed by atoms with van der Waals surface area (Å²) >= 11 is 0. The Bertz CT molecular complexity index is 379. The summed E-state index contributed by atoms with van der Waals surface area (Å²) < 4.78 is 9.68. The van der Waals surface area contributed by atoms with Gasteiger partial charge in [-0.25, -0.2) is 4.79 Å². The minimum Gasteiger partial charge on any atom is -0.495 e. The van der Waals surface area contributed by atoms with Gasteiger partial charge in [0.25, 0.3) is 0 Å². The van der Waals surface area contributed by atoms with Crippen LogP contribution < -0.4 is 15.8 Å². The first-order valence-corrected chi connectivity index (χ1v) is 4.87. The van der Waals surface area contributed by atoms with Crippen molar-refractivity contribution in [1.29, 1.82) is 0 Å². The molecule has 16 heavy (non-hydrogen) atoms. The quantitative estimate of drug-likeness (QED) is 0.594. The van der Waals surface area contributed by atoms with Crippen molar-refractivity contribution in [2.24, 2.45) is 0 Å². The van der Waals surface area contributed by atoms with E-state index in [1.54, 1.807) is 32.2 Å². The summed E-state index contributed by atoms with van der Waals surface area (Å²) in [5.41, 5.74) is 6.97. The Kier molecular flexibility index (Phi) is 3.99. The van der Waals surface area contributed by atoms with Crippen molar-refractivity contribution >= 4 is 17.3 Å². The predicted octanol–water partition coefficient (Wildman–Crippen LogP) is 1.25. The van der Waals surface area contributed by atoms with E-state index in [0.29, 0.717) is 17.1 Å². The molecule has 0 saturated carbocycles. The number of hydrogen-bond acceptors (Lipinski definition) is 5. The van der Waals surface area contributed by atoms with Crippen LogP contribution >= 0.6 is 0 Å². The number of carbonyl (C=O) groups excluding carboxylic acids is 1. The summed E-state index contributed by atoms with van der Waals surface area (Å²) in [7, 11) is 2.88. The monoisotopic (exact) mass is 224 g/mol. The van der Waals surface area contributed by atoms with Crippen molar-refractivity contribution in [2.45, 2.75) is 13.0 Å². The minimum absolute atomic E-state index is 0.345. The van der Waals surface area contributed by atoms with Gasteiger partial charge in [0.2, 0.25) is 0 Å². The lowest BCUT2D eigenvalue weighted by molar-refractivity contribution is -0.141. The number of anilines is 2. The normalized spacial score (nSPS) is 11.7. The van der Waals surface area contributed by atoms with Gasteiger partial charge in [0.15, 0.2) is 0 Å². The zero-order valence-electron chi connectivity index (χ0n) is 9.61. The van der Waals surface area contributed by atoms with Crippen molar-refractivity contribution < 1.29 is 14.3 Å². The van der Waals surface area contributed by atoms with Gasteiger partial charge in [-0.15, -0.1) is 0 Å². The zero-order chi connectivity index (χ0) is 12.1.